The fraction of sp³-hybridized carbons (Fsp3) is 0.0455. The minimum absolute atomic E-state index is 0.296. The van der Waals surface area contributed by atoms with Crippen molar-refractivity contribution in [1.82, 2.24) is 10.3 Å². The van der Waals surface area contributed by atoms with Crippen LogP contribution in [0.15, 0.2) is 72.9 Å². The zero-order valence-electron chi connectivity index (χ0n) is 15.2. The van der Waals surface area contributed by atoms with Crippen LogP contribution in [0.5, 0.6) is 0 Å². The van der Waals surface area contributed by atoms with Crippen LogP contribution in [0, 0.1) is 0 Å². The smallest absolute Gasteiger partial charge is 0.267 e. The fourth-order valence-corrected chi connectivity index (χ4v) is 4.31. The third-order valence-corrected chi connectivity index (χ3v) is 5.99. The van der Waals surface area contributed by atoms with E-state index in [0.29, 0.717) is 27.7 Å². The van der Waals surface area contributed by atoms with Crippen LogP contribution in [0.3, 0.4) is 0 Å². The number of pyridine rings is 1. The molecule has 5 nitrogen and oxygen atoms in total. The number of thiophene rings is 1. The summed E-state index contributed by atoms with van der Waals surface area (Å²) < 4.78 is 0.934. The average Bonchev–Trinajstić information content (AvgIpc) is 3.10. The number of hydrogen-bond donors (Lipinski definition) is 2. The Kier molecular flexibility index (Phi) is 5.55. The van der Waals surface area contributed by atoms with Crippen molar-refractivity contribution in [3.05, 3.63) is 94.1 Å². The molecule has 4 aromatic rings. The summed E-state index contributed by atoms with van der Waals surface area (Å²) in [7, 11) is 0. The lowest BCUT2D eigenvalue weighted by Crippen LogP contribution is -2.25. The number of benzene rings is 2. The first kappa shape index (κ1) is 19.1. The molecule has 0 bridgehead atoms. The van der Waals surface area contributed by atoms with Crippen molar-refractivity contribution in [2.24, 2.45) is 0 Å². The molecule has 0 aliphatic rings. The first-order chi connectivity index (χ1) is 14.1. The number of rotatable bonds is 5. The molecular formula is C22H16ClN3O2S. The van der Waals surface area contributed by atoms with Gasteiger partial charge in [-0.1, -0.05) is 48.0 Å². The van der Waals surface area contributed by atoms with Gasteiger partial charge in [-0.3, -0.25) is 14.6 Å². The highest BCUT2D eigenvalue weighted by molar-refractivity contribution is 7.21. The van der Waals surface area contributed by atoms with Gasteiger partial charge in [0.2, 0.25) is 0 Å². The van der Waals surface area contributed by atoms with Crippen LogP contribution >= 0.6 is 22.9 Å². The summed E-state index contributed by atoms with van der Waals surface area (Å²) in [4.78, 5) is 30.1. The normalized spacial score (nSPS) is 10.7. The average molecular weight is 422 g/mol. The number of fused-ring (bicyclic) bond motifs is 1. The number of hydrogen-bond acceptors (Lipinski definition) is 4. The molecule has 144 valence electrons. The lowest BCUT2D eigenvalue weighted by atomic mass is 10.1. The molecule has 0 atom stereocenters. The van der Waals surface area contributed by atoms with Gasteiger partial charge < -0.3 is 10.6 Å². The van der Waals surface area contributed by atoms with Gasteiger partial charge >= 0.3 is 0 Å². The molecule has 29 heavy (non-hydrogen) atoms. The number of carbonyl (C=O) groups excluding carboxylic acids is 2. The van der Waals surface area contributed by atoms with E-state index in [2.05, 4.69) is 15.6 Å². The van der Waals surface area contributed by atoms with Crippen LogP contribution < -0.4 is 10.6 Å². The molecule has 0 unspecified atom stereocenters. The molecule has 0 aliphatic carbocycles. The predicted molar refractivity (Wildman–Crippen MR) is 117 cm³/mol. The first-order valence-electron chi connectivity index (χ1n) is 8.89. The largest absolute Gasteiger partial charge is 0.346 e. The maximum Gasteiger partial charge on any atom is 0.267 e. The highest BCUT2D eigenvalue weighted by Crippen LogP contribution is 2.35. The van der Waals surface area contributed by atoms with Gasteiger partial charge in [0.15, 0.2) is 0 Å². The maximum atomic E-state index is 12.8. The minimum Gasteiger partial charge on any atom is -0.346 e. The number of nitrogens with one attached hydrogen (secondary N) is 2. The summed E-state index contributed by atoms with van der Waals surface area (Å²) in [6.45, 7) is 0.296. The van der Waals surface area contributed by atoms with Crippen molar-refractivity contribution in [2.45, 2.75) is 6.54 Å². The molecule has 0 aliphatic heterocycles. The van der Waals surface area contributed by atoms with E-state index in [4.69, 9.17) is 11.6 Å². The second-order valence-electron chi connectivity index (χ2n) is 6.24. The van der Waals surface area contributed by atoms with Crippen LogP contribution in [-0.4, -0.2) is 16.8 Å². The van der Waals surface area contributed by atoms with Crippen LogP contribution in [0.1, 0.15) is 25.7 Å². The van der Waals surface area contributed by atoms with Crippen LogP contribution in [0.4, 0.5) is 5.69 Å². The molecule has 2 heterocycles. The summed E-state index contributed by atoms with van der Waals surface area (Å²) in [5, 5.41) is 6.90. The van der Waals surface area contributed by atoms with E-state index in [-0.39, 0.29) is 11.8 Å². The zero-order chi connectivity index (χ0) is 20.2. The Morgan fingerprint density at radius 2 is 1.69 bits per heavy atom. The van der Waals surface area contributed by atoms with Crippen LogP contribution in [0.2, 0.25) is 5.02 Å². The number of anilines is 1. The lowest BCUT2D eigenvalue weighted by molar-refractivity contribution is 0.0951. The predicted octanol–water partition coefficient (Wildman–Crippen LogP) is 5.13. The van der Waals surface area contributed by atoms with E-state index in [9.17, 15) is 9.59 Å². The van der Waals surface area contributed by atoms with E-state index in [1.807, 2.05) is 42.5 Å². The summed E-state index contributed by atoms with van der Waals surface area (Å²) >= 11 is 7.72. The van der Waals surface area contributed by atoms with Crippen molar-refractivity contribution in [3.8, 4) is 0 Å². The molecule has 0 fully saturated rings. The highest BCUT2D eigenvalue weighted by atomic mass is 35.5. The van der Waals surface area contributed by atoms with Gasteiger partial charge in [0.25, 0.3) is 11.8 Å². The fourth-order valence-electron chi connectivity index (χ4n) is 2.90. The Bertz CT molecular complexity index is 1190. The first-order valence-corrected chi connectivity index (χ1v) is 10.1. The topological polar surface area (TPSA) is 71.1 Å². The van der Waals surface area contributed by atoms with Gasteiger partial charge in [0.05, 0.1) is 28.5 Å². The molecule has 7 heteroatoms. The van der Waals surface area contributed by atoms with E-state index < -0.39 is 0 Å². The van der Waals surface area contributed by atoms with Crippen molar-refractivity contribution in [2.75, 3.05) is 5.32 Å². The second kappa shape index (κ2) is 8.43. The zero-order valence-corrected chi connectivity index (χ0v) is 16.8. The van der Waals surface area contributed by atoms with Gasteiger partial charge in [-0.05, 0) is 30.3 Å². The third-order valence-electron chi connectivity index (χ3n) is 4.32. The van der Waals surface area contributed by atoms with Crippen molar-refractivity contribution >= 4 is 50.5 Å². The van der Waals surface area contributed by atoms with Gasteiger partial charge in [-0.15, -0.1) is 11.3 Å². The quantitative estimate of drug-likeness (QED) is 0.469. The standard InChI is InChI=1S/C22H16ClN3O2S/c23-19-16-9-2-4-11-18(16)29-20(19)22(28)26-17-10-3-1-8-15(17)21(27)25-13-14-7-5-6-12-24-14/h1-12H,13H2,(H,25,27)(H,26,28). The SMILES string of the molecule is O=C(NCc1ccccn1)c1ccccc1NC(=O)c1sc2ccccc2c1Cl. The van der Waals surface area contributed by atoms with Crippen molar-refractivity contribution < 1.29 is 9.59 Å². The molecule has 0 spiro atoms. The Balaban J connectivity index is 1.54. The van der Waals surface area contributed by atoms with Crippen molar-refractivity contribution in [1.29, 1.82) is 0 Å². The Morgan fingerprint density at radius 1 is 0.931 bits per heavy atom. The van der Waals surface area contributed by atoms with Gasteiger partial charge in [-0.25, -0.2) is 0 Å². The maximum absolute atomic E-state index is 12.8. The minimum atomic E-state index is -0.346. The van der Waals surface area contributed by atoms with E-state index in [0.717, 1.165) is 15.8 Å². The number of halogens is 1. The molecule has 4 rings (SSSR count). The molecule has 0 saturated heterocycles. The molecule has 2 N–H and O–H groups in total. The number of amides is 2. The number of aromatic nitrogens is 1. The number of para-hydroxylation sites is 1. The molecule has 2 amide bonds. The third kappa shape index (κ3) is 4.13. The molecule has 2 aromatic heterocycles. The number of nitrogens with zero attached hydrogens (tertiary/aromatic N) is 1. The second-order valence-corrected chi connectivity index (χ2v) is 7.67. The molecular weight excluding hydrogens is 406 g/mol. The summed E-state index contributed by atoms with van der Waals surface area (Å²) in [6, 6.07) is 19.9. The molecule has 0 saturated carbocycles. The molecule has 0 radical (unpaired) electrons. The van der Waals surface area contributed by atoms with Gasteiger partial charge in [0.1, 0.15) is 4.88 Å². The summed E-state index contributed by atoms with van der Waals surface area (Å²) in [5.41, 5.74) is 1.54. The van der Waals surface area contributed by atoms with Gasteiger partial charge in [-0.2, -0.15) is 0 Å². The van der Waals surface area contributed by atoms with Crippen molar-refractivity contribution in [3.63, 3.8) is 0 Å². The highest BCUT2D eigenvalue weighted by Gasteiger charge is 2.19. The lowest BCUT2D eigenvalue weighted by Gasteiger charge is -2.11. The van der Waals surface area contributed by atoms with Crippen LogP contribution in [0.25, 0.3) is 10.1 Å². The van der Waals surface area contributed by atoms with E-state index in [1.165, 1.54) is 11.3 Å². The van der Waals surface area contributed by atoms with E-state index >= 15 is 0 Å². The Morgan fingerprint density at radius 3 is 2.48 bits per heavy atom. The summed E-state index contributed by atoms with van der Waals surface area (Å²) in [6.07, 6.45) is 1.67. The number of carbonyl (C=O) groups is 2. The molecule has 2 aromatic carbocycles. The van der Waals surface area contributed by atoms with Crippen LogP contribution in [-0.2, 0) is 6.54 Å². The summed E-state index contributed by atoms with van der Waals surface area (Å²) in [5.74, 6) is -0.643. The Hall–Kier alpha value is -3.22. The van der Waals surface area contributed by atoms with Gasteiger partial charge in [0, 0.05) is 16.3 Å². The monoisotopic (exact) mass is 421 g/mol. The Labute approximate surface area is 176 Å². The van der Waals surface area contributed by atoms with E-state index in [1.54, 1.807) is 30.5 Å².